The Balaban J connectivity index is 2.54. The van der Waals surface area contributed by atoms with E-state index >= 15 is 0 Å². The lowest BCUT2D eigenvalue weighted by Crippen LogP contribution is -2.29. The standard InChI is InChI=1S/C16H21N3O2/c1-10-7-12(8-11(2)18-10)16(19-17)14-9-13(20-3)5-6-15(14)21-4/h5-9,16,19H,17H2,1-4H3. The summed E-state index contributed by atoms with van der Waals surface area (Å²) in [4.78, 5) is 4.40. The SMILES string of the molecule is COc1ccc(OC)c(C(NN)c2cc(C)nc(C)c2)c1. The van der Waals surface area contributed by atoms with Crippen molar-refractivity contribution < 1.29 is 9.47 Å². The van der Waals surface area contributed by atoms with Crippen molar-refractivity contribution in [1.82, 2.24) is 10.4 Å². The number of ether oxygens (including phenoxy) is 2. The highest BCUT2D eigenvalue weighted by Gasteiger charge is 2.18. The van der Waals surface area contributed by atoms with Crippen molar-refractivity contribution in [2.45, 2.75) is 19.9 Å². The van der Waals surface area contributed by atoms with Gasteiger partial charge in [-0.3, -0.25) is 10.8 Å². The molecule has 5 heteroatoms. The molecule has 0 bridgehead atoms. The molecule has 0 fully saturated rings. The first-order chi connectivity index (χ1) is 10.1. The zero-order valence-corrected chi connectivity index (χ0v) is 12.8. The summed E-state index contributed by atoms with van der Waals surface area (Å²) in [5, 5.41) is 0. The van der Waals surface area contributed by atoms with Crippen LogP contribution in [0.4, 0.5) is 0 Å². The molecule has 21 heavy (non-hydrogen) atoms. The van der Waals surface area contributed by atoms with E-state index in [4.69, 9.17) is 15.3 Å². The Kier molecular flexibility index (Phi) is 4.77. The average Bonchev–Trinajstić information content (AvgIpc) is 2.47. The van der Waals surface area contributed by atoms with E-state index in [2.05, 4.69) is 10.4 Å². The van der Waals surface area contributed by atoms with Gasteiger partial charge in [-0.1, -0.05) is 0 Å². The number of nitrogens with zero attached hydrogens (tertiary/aromatic N) is 1. The molecule has 0 aliphatic heterocycles. The molecule has 3 N–H and O–H groups in total. The van der Waals surface area contributed by atoms with Gasteiger partial charge in [0.05, 0.1) is 20.3 Å². The van der Waals surface area contributed by atoms with Crippen LogP contribution in [-0.2, 0) is 0 Å². The number of hydrogen-bond donors (Lipinski definition) is 2. The van der Waals surface area contributed by atoms with Crippen LogP contribution in [-0.4, -0.2) is 19.2 Å². The number of aryl methyl sites for hydroxylation is 2. The third-order valence-electron chi connectivity index (χ3n) is 3.35. The molecule has 1 aromatic heterocycles. The van der Waals surface area contributed by atoms with Gasteiger partial charge in [-0.2, -0.15) is 0 Å². The van der Waals surface area contributed by atoms with Crippen molar-refractivity contribution in [1.29, 1.82) is 0 Å². The Bertz CT molecular complexity index is 609. The monoisotopic (exact) mass is 287 g/mol. The minimum Gasteiger partial charge on any atom is -0.497 e. The quantitative estimate of drug-likeness (QED) is 0.652. The predicted octanol–water partition coefficient (Wildman–Crippen LogP) is 2.27. The van der Waals surface area contributed by atoms with E-state index in [9.17, 15) is 0 Å². The molecular formula is C16H21N3O2. The molecule has 2 aromatic rings. The molecule has 0 saturated heterocycles. The highest BCUT2D eigenvalue weighted by molar-refractivity contribution is 5.46. The predicted molar refractivity (Wildman–Crippen MR) is 82.4 cm³/mol. The summed E-state index contributed by atoms with van der Waals surface area (Å²) in [6.07, 6.45) is 0. The van der Waals surface area contributed by atoms with Crippen molar-refractivity contribution >= 4 is 0 Å². The van der Waals surface area contributed by atoms with Crippen molar-refractivity contribution in [3.63, 3.8) is 0 Å². The van der Waals surface area contributed by atoms with Crippen LogP contribution in [0, 0.1) is 13.8 Å². The lowest BCUT2D eigenvalue weighted by molar-refractivity contribution is 0.394. The molecule has 1 unspecified atom stereocenters. The van der Waals surface area contributed by atoms with Crippen molar-refractivity contribution in [3.05, 3.63) is 52.8 Å². The van der Waals surface area contributed by atoms with Gasteiger partial charge >= 0.3 is 0 Å². The van der Waals surface area contributed by atoms with Crippen LogP contribution in [0.15, 0.2) is 30.3 Å². The lowest BCUT2D eigenvalue weighted by atomic mass is 9.97. The highest BCUT2D eigenvalue weighted by atomic mass is 16.5. The van der Waals surface area contributed by atoms with Gasteiger partial charge in [0, 0.05) is 17.0 Å². The number of pyridine rings is 1. The van der Waals surface area contributed by atoms with Crippen LogP contribution >= 0.6 is 0 Å². The maximum Gasteiger partial charge on any atom is 0.124 e. The minimum atomic E-state index is -0.199. The van der Waals surface area contributed by atoms with E-state index in [1.54, 1.807) is 14.2 Å². The number of hydrazine groups is 1. The first-order valence-electron chi connectivity index (χ1n) is 6.72. The molecule has 0 amide bonds. The van der Waals surface area contributed by atoms with Gasteiger partial charge < -0.3 is 9.47 Å². The molecule has 1 heterocycles. The van der Waals surface area contributed by atoms with Gasteiger partial charge in [0.2, 0.25) is 0 Å². The summed E-state index contributed by atoms with van der Waals surface area (Å²) in [5.41, 5.74) is 6.71. The fourth-order valence-electron chi connectivity index (χ4n) is 2.46. The minimum absolute atomic E-state index is 0.199. The van der Waals surface area contributed by atoms with Crippen LogP contribution in [0.2, 0.25) is 0 Å². The lowest BCUT2D eigenvalue weighted by Gasteiger charge is -2.21. The van der Waals surface area contributed by atoms with E-state index in [-0.39, 0.29) is 6.04 Å². The van der Waals surface area contributed by atoms with Gasteiger partial charge in [-0.15, -0.1) is 0 Å². The third kappa shape index (κ3) is 3.32. The smallest absolute Gasteiger partial charge is 0.124 e. The zero-order chi connectivity index (χ0) is 15.4. The number of methoxy groups -OCH3 is 2. The number of hydrogen-bond acceptors (Lipinski definition) is 5. The largest absolute Gasteiger partial charge is 0.497 e. The summed E-state index contributed by atoms with van der Waals surface area (Å²) in [6, 6.07) is 9.48. The van der Waals surface area contributed by atoms with Gasteiger partial charge in [-0.25, -0.2) is 5.43 Å². The van der Waals surface area contributed by atoms with Crippen molar-refractivity contribution in [2.24, 2.45) is 5.84 Å². The molecule has 2 rings (SSSR count). The fraction of sp³-hybridized carbons (Fsp3) is 0.312. The zero-order valence-electron chi connectivity index (χ0n) is 12.8. The van der Waals surface area contributed by atoms with Crippen LogP contribution in [0.3, 0.4) is 0 Å². The topological polar surface area (TPSA) is 69.4 Å². The Morgan fingerprint density at radius 2 is 1.71 bits per heavy atom. The van der Waals surface area contributed by atoms with Crippen LogP contribution in [0.25, 0.3) is 0 Å². The molecule has 0 spiro atoms. The Morgan fingerprint density at radius 1 is 1.05 bits per heavy atom. The summed E-state index contributed by atoms with van der Waals surface area (Å²) in [5.74, 6) is 7.30. The number of benzene rings is 1. The van der Waals surface area contributed by atoms with E-state index in [1.807, 2.05) is 44.2 Å². The second kappa shape index (κ2) is 6.56. The number of rotatable bonds is 5. The van der Waals surface area contributed by atoms with Gasteiger partial charge in [0.1, 0.15) is 11.5 Å². The van der Waals surface area contributed by atoms with Gasteiger partial charge in [0.25, 0.3) is 0 Å². The Hall–Kier alpha value is -2.11. The summed E-state index contributed by atoms with van der Waals surface area (Å²) < 4.78 is 10.7. The van der Waals surface area contributed by atoms with Crippen molar-refractivity contribution in [3.8, 4) is 11.5 Å². The van der Waals surface area contributed by atoms with Crippen LogP contribution in [0.1, 0.15) is 28.6 Å². The van der Waals surface area contributed by atoms with Gasteiger partial charge in [0.15, 0.2) is 0 Å². The fourth-order valence-corrected chi connectivity index (χ4v) is 2.46. The van der Waals surface area contributed by atoms with Crippen LogP contribution in [0.5, 0.6) is 11.5 Å². The Labute approximate surface area is 125 Å². The van der Waals surface area contributed by atoms with E-state index < -0.39 is 0 Å². The second-order valence-electron chi connectivity index (χ2n) is 4.89. The molecule has 0 radical (unpaired) electrons. The van der Waals surface area contributed by atoms with Crippen LogP contribution < -0.4 is 20.7 Å². The molecule has 5 nitrogen and oxygen atoms in total. The van der Waals surface area contributed by atoms with Crippen molar-refractivity contribution in [2.75, 3.05) is 14.2 Å². The highest BCUT2D eigenvalue weighted by Crippen LogP contribution is 2.33. The molecule has 0 aliphatic rings. The molecular weight excluding hydrogens is 266 g/mol. The average molecular weight is 287 g/mol. The summed E-state index contributed by atoms with van der Waals surface area (Å²) in [7, 11) is 3.28. The maximum atomic E-state index is 5.79. The van der Waals surface area contributed by atoms with E-state index in [1.165, 1.54) is 0 Å². The summed E-state index contributed by atoms with van der Waals surface area (Å²) >= 11 is 0. The molecule has 1 aromatic carbocycles. The number of nitrogens with two attached hydrogens (primary N) is 1. The first-order valence-corrected chi connectivity index (χ1v) is 6.72. The molecule has 112 valence electrons. The second-order valence-corrected chi connectivity index (χ2v) is 4.89. The Morgan fingerprint density at radius 3 is 2.24 bits per heavy atom. The van der Waals surface area contributed by atoms with Gasteiger partial charge in [-0.05, 0) is 49.7 Å². The third-order valence-corrected chi connectivity index (χ3v) is 3.35. The van der Waals surface area contributed by atoms with E-state index in [0.29, 0.717) is 0 Å². The number of aromatic nitrogens is 1. The normalized spacial score (nSPS) is 12.0. The molecule has 0 saturated carbocycles. The maximum absolute atomic E-state index is 5.79. The number of nitrogens with one attached hydrogen (secondary N) is 1. The molecule has 1 atom stereocenters. The molecule has 0 aliphatic carbocycles. The van der Waals surface area contributed by atoms with E-state index in [0.717, 1.165) is 34.0 Å². The summed E-state index contributed by atoms with van der Waals surface area (Å²) in [6.45, 7) is 3.93. The first kappa shape index (κ1) is 15.3.